The molecule has 0 aliphatic rings. The molecule has 0 aliphatic carbocycles. The van der Waals surface area contributed by atoms with Gasteiger partial charge in [-0.1, -0.05) is 36.4 Å². The van der Waals surface area contributed by atoms with Gasteiger partial charge in [0.25, 0.3) is 0 Å². The molecule has 0 unspecified atom stereocenters. The first kappa shape index (κ1) is 13.9. The SMILES string of the molecule is NC(=O)OCC=Cc1cnc2[nH]c(-c3ccccc3)cc2c1. The van der Waals surface area contributed by atoms with Gasteiger partial charge in [0.2, 0.25) is 0 Å². The highest BCUT2D eigenvalue weighted by Crippen LogP contribution is 2.23. The number of hydrogen-bond acceptors (Lipinski definition) is 3. The molecule has 5 nitrogen and oxygen atoms in total. The second kappa shape index (κ2) is 6.13. The molecule has 0 radical (unpaired) electrons. The minimum absolute atomic E-state index is 0.149. The molecule has 0 saturated heterocycles. The number of nitrogens with one attached hydrogen (secondary N) is 1. The number of carbonyl (C=O) groups is 1. The van der Waals surface area contributed by atoms with Gasteiger partial charge in [0.15, 0.2) is 0 Å². The second-order valence-corrected chi connectivity index (χ2v) is 4.79. The highest BCUT2D eigenvalue weighted by Gasteiger charge is 2.04. The Hall–Kier alpha value is -3.08. The van der Waals surface area contributed by atoms with E-state index in [2.05, 4.69) is 20.8 Å². The van der Waals surface area contributed by atoms with Gasteiger partial charge >= 0.3 is 6.09 Å². The zero-order valence-electron chi connectivity index (χ0n) is 11.8. The third kappa shape index (κ3) is 3.15. The predicted octanol–water partition coefficient (Wildman–Crippen LogP) is 3.34. The number of fused-ring (bicyclic) bond motifs is 1. The van der Waals surface area contributed by atoms with E-state index < -0.39 is 6.09 Å². The molecule has 1 amide bonds. The Bertz CT molecular complexity index is 822. The molecule has 2 heterocycles. The van der Waals surface area contributed by atoms with Gasteiger partial charge in [-0.3, -0.25) is 0 Å². The minimum Gasteiger partial charge on any atom is -0.445 e. The quantitative estimate of drug-likeness (QED) is 0.774. The zero-order valence-corrected chi connectivity index (χ0v) is 11.8. The van der Waals surface area contributed by atoms with Gasteiger partial charge in [0, 0.05) is 17.3 Å². The molecular weight excluding hydrogens is 278 g/mol. The van der Waals surface area contributed by atoms with Gasteiger partial charge < -0.3 is 15.5 Å². The number of hydrogen-bond donors (Lipinski definition) is 2. The Kier molecular flexibility index (Phi) is 3.87. The lowest BCUT2D eigenvalue weighted by Gasteiger charge is -1.95. The van der Waals surface area contributed by atoms with Crippen molar-refractivity contribution < 1.29 is 9.53 Å². The van der Waals surface area contributed by atoms with Crippen LogP contribution in [0.15, 0.2) is 54.7 Å². The summed E-state index contributed by atoms with van der Waals surface area (Å²) in [4.78, 5) is 18.2. The molecule has 2 aromatic heterocycles. The molecule has 0 fully saturated rings. The Morgan fingerprint density at radius 1 is 1.27 bits per heavy atom. The molecule has 110 valence electrons. The number of benzene rings is 1. The highest BCUT2D eigenvalue weighted by atomic mass is 16.5. The second-order valence-electron chi connectivity index (χ2n) is 4.79. The molecule has 0 spiro atoms. The number of ether oxygens (including phenoxy) is 1. The predicted molar refractivity (Wildman–Crippen MR) is 86.1 cm³/mol. The summed E-state index contributed by atoms with van der Waals surface area (Å²) in [6.45, 7) is 0.149. The summed E-state index contributed by atoms with van der Waals surface area (Å²) >= 11 is 0. The number of aromatic amines is 1. The number of pyridine rings is 1. The lowest BCUT2D eigenvalue weighted by molar-refractivity contribution is 0.169. The molecule has 0 bridgehead atoms. The average molecular weight is 293 g/mol. The van der Waals surface area contributed by atoms with Crippen LogP contribution in [-0.4, -0.2) is 22.7 Å². The number of H-pyrrole nitrogens is 1. The summed E-state index contributed by atoms with van der Waals surface area (Å²) in [5.74, 6) is 0. The highest BCUT2D eigenvalue weighted by molar-refractivity contribution is 5.84. The van der Waals surface area contributed by atoms with Crippen molar-refractivity contribution in [1.82, 2.24) is 9.97 Å². The van der Waals surface area contributed by atoms with Gasteiger partial charge in [0.05, 0.1) is 0 Å². The molecule has 3 N–H and O–H groups in total. The van der Waals surface area contributed by atoms with Crippen LogP contribution in [0.1, 0.15) is 5.56 Å². The number of nitrogens with zero attached hydrogens (tertiary/aromatic N) is 1. The van der Waals surface area contributed by atoms with Crippen LogP contribution < -0.4 is 5.73 Å². The number of primary amides is 1. The van der Waals surface area contributed by atoms with E-state index >= 15 is 0 Å². The largest absolute Gasteiger partial charge is 0.445 e. The zero-order chi connectivity index (χ0) is 15.4. The van der Waals surface area contributed by atoms with Crippen molar-refractivity contribution in [2.24, 2.45) is 5.73 Å². The van der Waals surface area contributed by atoms with E-state index in [1.165, 1.54) is 0 Å². The molecular formula is C17H15N3O2. The summed E-state index contributed by atoms with van der Waals surface area (Å²) in [5.41, 5.74) is 8.81. The van der Waals surface area contributed by atoms with Crippen LogP contribution >= 0.6 is 0 Å². The fourth-order valence-corrected chi connectivity index (χ4v) is 2.21. The normalized spacial score (nSPS) is 11.1. The van der Waals surface area contributed by atoms with Crippen LogP contribution in [0.3, 0.4) is 0 Å². The standard InChI is InChI=1S/C17H15N3O2/c18-17(21)22-8-4-5-12-9-14-10-15(20-16(14)19-11-12)13-6-2-1-3-7-13/h1-7,9-11H,8H2,(H2,18,21)(H,19,20). The minimum atomic E-state index is -0.781. The maximum atomic E-state index is 10.5. The van der Waals surface area contributed by atoms with Crippen molar-refractivity contribution >= 4 is 23.2 Å². The summed E-state index contributed by atoms with van der Waals surface area (Å²) in [6, 6.07) is 14.2. The number of rotatable bonds is 4. The lowest BCUT2D eigenvalue weighted by atomic mass is 10.1. The third-order valence-electron chi connectivity index (χ3n) is 3.21. The van der Waals surface area contributed by atoms with Crippen molar-refractivity contribution in [3.05, 3.63) is 60.3 Å². The smallest absolute Gasteiger partial charge is 0.404 e. The van der Waals surface area contributed by atoms with Gasteiger partial charge in [0.1, 0.15) is 12.3 Å². The van der Waals surface area contributed by atoms with Crippen LogP contribution in [-0.2, 0) is 4.74 Å². The third-order valence-corrected chi connectivity index (χ3v) is 3.21. The van der Waals surface area contributed by atoms with Crippen molar-refractivity contribution in [2.45, 2.75) is 0 Å². The maximum Gasteiger partial charge on any atom is 0.404 e. The van der Waals surface area contributed by atoms with E-state index in [9.17, 15) is 4.79 Å². The van der Waals surface area contributed by atoms with Crippen LogP contribution in [0.5, 0.6) is 0 Å². The summed E-state index contributed by atoms with van der Waals surface area (Å²) in [7, 11) is 0. The van der Waals surface area contributed by atoms with Crippen molar-refractivity contribution in [3.8, 4) is 11.3 Å². The van der Waals surface area contributed by atoms with Crippen molar-refractivity contribution in [1.29, 1.82) is 0 Å². The van der Waals surface area contributed by atoms with Crippen LogP contribution in [0.25, 0.3) is 28.4 Å². The van der Waals surface area contributed by atoms with E-state index in [4.69, 9.17) is 5.73 Å². The van der Waals surface area contributed by atoms with Gasteiger partial charge in [-0.05, 0) is 29.3 Å². The number of aromatic nitrogens is 2. The average Bonchev–Trinajstić information content (AvgIpc) is 2.95. The first-order valence-electron chi connectivity index (χ1n) is 6.85. The van der Waals surface area contributed by atoms with E-state index in [0.29, 0.717) is 0 Å². The summed E-state index contributed by atoms with van der Waals surface area (Å²) in [5, 5.41) is 1.02. The Labute approximate surface area is 127 Å². The molecule has 0 aliphatic heterocycles. The Morgan fingerprint density at radius 2 is 2.09 bits per heavy atom. The molecule has 22 heavy (non-hydrogen) atoms. The molecule has 5 heteroatoms. The first-order chi connectivity index (χ1) is 10.7. The Morgan fingerprint density at radius 3 is 2.86 bits per heavy atom. The molecule has 3 aromatic rings. The van der Waals surface area contributed by atoms with Crippen molar-refractivity contribution in [2.75, 3.05) is 6.61 Å². The number of nitrogens with two attached hydrogens (primary N) is 1. The van der Waals surface area contributed by atoms with E-state index in [1.807, 2.05) is 42.5 Å². The molecule has 1 aromatic carbocycles. The number of amides is 1. The lowest BCUT2D eigenvalue weighted by Crippen LogP contribution is -2.12. The summed E-state index contributed by atoms with van der Waals surface area (Å²) < 4.78 is 4.64. The van der Waals surface area contributed by atoms with Gasteiger partial charge in [-0.15, -0.1) is 0 Å². The first-order valence-corrected chi connectivity index (χ1v) is 6.85. The fourth-order valence-electron chi connectivity index (χ4n) is 2.21. The maximum absolute atomic E-state index is 10.5. The van der Waals surface area contributed by atoms with E-state index in [-0.39, 0.29) is 6.61 Å². The number of carbonyl (C=O) groups excluding carboxylic acids is 1. The Balaban J connectivity index is 1.83. The molecule has 0 atom stereocenters. The van der Waals surface area contributed by atoms with Gasteiger partial charge in [-0.25, -0.2) is 9.78 Å². The van der Waals surface area contributed by atoms with Crippen LogP contribution in [0.4, 0.5) is 4.79 Å². The topological polar surface area (TPSA) is 81.0 Å². The van der Waals surface area contributed by atoms with Crippen LogP contribution in [0.2, 0.25) is 0 Å². The monoisotopic (exact) mass is 293 g/mol. The van der Waals surface area contributed by atoms with E-state index in [1.54, 1.807) is 12.3 Å². The fraction of sp³-hybridized carbons (Fsp3) is 0.0588. The molecule has 3 rings (SSSR count). The van der Waals surface area contributed by atoms with Gasteiger partial charge in [-0.2, -0.15) is 0 Å². The van der Waals surface area contributed by atoms with Crippen LogP contribution in [0, 0.1) is 0 Å². The summed E-state index contributed by atoms with van der Waals surface area (Å²) in [6.07, 6.45) is 4.54. The van der Waals surface area contributed by atoms with Crippen molar-refractivity contribution in [3.63, 3.8) is 0 Å². The van der Waals surface area contributed by atoms with E-state index in [0.717, 1.165) is 27.9 Å². The molecule has 0 saturated carbocycles.